The fraction of sp³-hybridized carbons (Fsp3) is 0.780. The Morgan fingerprint density at radius 3 is 1.11 bits per heavy atom. The van der Waals surface area contributed by atoms with Crippen molar-refractivity contribution in [2.45, 2.75) is 239 Å². The molecular weight excluding hydrogens is 697 g/mol. The van der Waals surface area contributed by atoms with Gasteiger partial charge in [-0.25, -0.2) is 0 Å². The number of allylic oxidation sites excluding steroid dienone is 8. The number of esters is 3. The number of rotatable bonds is 42. The molecule has 0 N–H and O–H groups in total. The van der Waals surface area contributed by atoms with Crippen molar-refractivity contribution < 1.29 is 28.6 Å². The Balaban J connectivity index is 4.44. The fourth-order valence-corrected chi connectivity index (χ4v) is 6.44. The highest BCUT2D eigenvalue weighted by Gasteiger charge is 2.19. The Labute approximate surface area is 346 Å². The normalized spacial score (nSPS) is 12.4. The molecule has 0 amide bonds. The summed E-state index contributed by atoms with van der Waals surface area (Å²) in [5, 5.41) is 0. The molecule has 0 heterocycles. The van der Waals surface area contributed by atoms with E-state index >= 15 is 0 Å². The van der Waals surface area contributed by atoms with Crippen LogP contribution in [0.15, 0.2) is 48.6 Å². The molecule has 1 atom stereocenters. The van der Waals surface area contributed by atoms with E-state index in [1.807, 2.05) is 0 Å². The summed E-state index contributed by atoms with van der Waals surface area (Å²) in [5.74, 6) is -0.937. The second-order valence-electron chi connectivity index (χ2n) is 15.7. The molecule has 0 unspecified atom stereocenters. The van der Waals surface area contributed by atoms with Gasteiger partial charge in [-0.15, -0.1) is 0 Å². The van der Waals surface area contributed by atoms with Crippen LogP contribution in [0, 0.1) is 0 Å². The number of carbonyl (C=O) groups is 3. The summed E-state index contributed by atoms with van der Waals surface area (Å²) in [6.45, 7) is 6.53. The first-order chi connectivity index (χ1) is 27.5. The molecule has 0 aromatic heterocycles. The molecule has 0 bridgehead atoms. The van der Waals surface area contributed by atoms with Crippen LogP contribution in [0.4, 0.5) is 0 Å². The SMILES string of the molecule is CCCCC/C=C\C/C=C\C/C=C\CCCCC(=O)OC[C@@H](COC(=O)CCCCCCCCCCCC)OC(=O)CCCCCCC/C=C\CCCCCC. The Bertz CT molecular complexity index is 996. The minimum atomic E-state index is -0.788. The van der Waals surface area contributed by atoms with Gasteiger partial charge in [-0.3, -0.25) is 14.4 Å². The molecule has 0 saturated heterocycles. The van der Waals surface area contributed by atoms with Crippen molar-refractivity contribution in [3.8, 4) is 0 Å². The number of ether oxygens (including phenoxy) is 3. The maximum atomic E-state index is 12.7. The fourth-order valence-electron chi connectivity index (χ4n) is 6.44. The predicted molar refractivity (Wildman–Crippen MR) is 238 cm³/mol. The van der Waals surface area contributed by atoms with E-state index in [4.69, 9.17) is 14.2 Å². The van der Waals surface area contributed by atoms with E-state index < -0.39 is 6.10 Å². The quantitative estimate of drug-likeness (QED) is 0.0265. The molecule has 0 aliphatic heterocycles. The zero-order valence-electron chi connectivity index (χ0n) is 36.9. The van der Waals surface area contributed by atoms with Crippen molar-refractivity contribution in [2.75, 3.05) is 13.2 Å². The molecule has 56 heavy (non-hydrogen) atoms. The third-order valence-electron chi connectivity index (χ3n) is 10.1. The topological polar surface area (TPSA) is 78.9 Å². The van der Waals surface area contributed by atoms with Gasteiger partial charge < -0.3 is 14.2 Å². The highest BCUT2D eigenvalue weighted by molar-refractivity contribution is 5.71. The highest BCUT2D eigenvalue weighted by atomic mass is 16.6. The van der Waals surface area contributed by atoms with Crippen molar-refractivity contribution in [2.24, 2.45) is 0 Å². The van der Waals surface area contributed by atoms with Crippen LogP contribution in [-0.4, -0.2) is 37.2 Å². The Morgan fingerprint density at radius 2 is 0.643 bits per heavy atom. The lowest BCUT2D eigenvalue weighted by molar-refractivity contribution is -0.167. The molecule has 0 radical (unpaired) electrons. The zero-order chi connectivity index (χ0) is 40.8. The molecule has 0 aromatic carbocycles. The van der Waals surface area contributed by atoms with Gasteiger partial charge in [-0.05, 0) is 83.5 Å². The highest BCUT2D eigenvalue weighted by Crippen LogP contribution is 2.14. The van der Waals surface area contributed by atoms with Gasteiger partial charge >= 0.3 is 17.9 Å². The maximum Gasteiger partial charge on any atom is 0.306 e. The second-order valence-corrected chi connectivity index (χ2v) is 15.7. The molecule has 0 aromatic rings. The van der Waals surface area contributed by atoms with E-state index in [1.165, 1.54) is 109 Å². The molecule has 0 spiro atoms. The summed E-state index contributed by atoms with van der Waals surface area (Å²) in [5.41, 5.74) is 0. The van der Waals surface area contributed by atoms with Crippen LogP contribution in [0.3, 0.4) is 0 Å². The van der Waals surface area contributed by atoms with Gasteiger partial charge in [-0.2, -0.15) is 0 Å². The molecule has 0 aliphatic carbocycles. The van der Waals surface area contributed by atoms with Crippen molar-refractivity contribution >= 4 is 17.9 Å². The van der Waals surface area contributed by atoms with Gasteiger partial charge in [0.05, 0.1) is 0 Å². The molecule has 0 fully saturated rings. The molecule has 0 saturated carbocycles. The third-order valence-corrected chi connectivity index (χ3v) is 10.1. The summed E-state index contributed by atoms with van der Waals surface area (Å²) in [4.78, 5) is 37.7. The summed E-state index contributed by atoms with van der Waals surface area (Å²) >= 11 is 0. The van der Waals surface area contributed by atoms with Crippen LogP contribution < -0.4 is 0 Å². The van der Waals surface area contributed by atoms with Crippen LogP contribution >= 0.6 is 0 Å². The Hall–Kier alpha value is -2.63. The van der Waals surface area contributed by atoms with Crippen LogP contribution in [0.2, 0.25) is 0 Å². The number of hydrogen-bond acceptors (Lipinski definition) is 6. The van der Waals surface area contributed by atoms with E-state index in [2.05, 4.69) is 69.4 Å². The maximum absolute atomic E-state index is 12.7. The molecule has 0 rings (SSSR count). The molecule has 0 aliphatic rings. The van der Waals surface area contributed by atoms with Gasteiger partial charge in [0.15, 0.2) is 6.10 Å². The minimum Gasteiger partial charge on any atom is -0.462 e. The Morgan fingerprint density at radius 1 is 0.357 bits per heavy atom. The number of hydrogen-bond donors (Lipinski definition) is 0. The molecular formula is C50H88O6. The number of carbonyl (C=O) groups excluding carboxylic acids is 3. The standard InChI is InChI=1S/C50H88O6/c1-4-7-10-13-16-19-22-24-25-27-28-31-34-37-40-43-49(52)55-46-47(45-54-48(51)42-39-36-33-30-21-18-15-12-9-6-3)56-50(53)44-41-38-35-32-29-26-23-20-17-14-11-8-5-2/h16,19-20,23-25,28,31,47H,4-15,17-18,21-22,26-27,29-30,32-46H2,1-3H3/b19-16-,23-20-,25-24-,31-28-/t47-/m1/s1. The Kier molecular flexibility index (Phi) is 43.0. The summed E-state index contributed by atoms with van der Waals surface area (Å²) in [6.07, 6.45) is 52.3. The van der Waals surface area contributed by atoms with E-state index in [0.29, 0.717) is 19.3 Å². The van der Waals surface area contributed by atoms with Crippen LogP contribution in [-0.2, 0) is 28.6 Å². The van der Waals surface area contributed by atoms with E-state index in [9.17, 15) is 14.4 Å². The van der Waals surface area contributed by atoms with E-state index in [0.717, 1.165) is 83.5 Å². The summed E-state index contributed by atoms with van der Waals surface area (Å²) < 4.78 is 16.7. The summed E-state index contributed by atoms with van der Waals surface area (Å²) in [7, 11) is 0. The van der Waals surface area contributed by atoms with E-state index in [-0.39, 0.29) is 31.1 Å². The molecule has 6 heteroatoms. The smallest absolute Gasteiger partial charge is 0.306 e. The van der Waals surface area contributed by atoms with Gasteiger partial charge in [0.1, 0.15) is 13.2 Å². The van der Waals surface area contributed by atoms with Crippen LogP contribution in [0.1, 0.15) is 233 Å². The van der Waals surface area contributed by atoms with Gasteiger partial charge in [0, 0.05) is 19.3 Å². The van der Waals surface area contributed by atoms with Crippen LogP contribution in [0.25, 0.3) is 0 Å². The van der Waals surface area contributed by atoms with Gasteiger partial charge in [0.25, 0.3) is 0 Å². The van der Waals surface area contributed by atoms with Crippen molar-refractivity contribution in [1.82, 2.24) is 0 Å². The predicted octanol–water partition coefficient (Wildman–Crippen LogP) is 15.1. The van der Waals surface area contributed by atoms with Gasteiger partial charge in [0.2, 0.25) is 0 Å². The lowest BCUT2D eigenvalue weighted by Gasteiger charge is -2.18. The molecule has 324 valence electrons. The largest absolute Gasteiger partial charge is 0.462 e. The summed E-state index contributed by atoms with van der Waals surface area (Å²) in [6, 6.07) is 0. The zero-order valence-corrected chi connectivity index (χ0v) is 36.9. The third kappa shape index (κ3) is 42.5. The van der Waals surface area contributed by atoms with Crippen molar-refractivity contribution in [1.29, 1.82) is 0 Å². The lowest BCUT2D eigenvalue weighted by Crippen LogP contribution is -2.30. The average Bonchev–Trinajstić information content (AvgIpc) is 3.19. The molecule has 6 nitrogen and oxygen atoms in total. The second kappa shape index (κ2) is 45.1. The van der Waals surface area contributed by atoms with Crippen molar-refractivity contribution in [3.63, 3.8) is 0 Å². The minimum absolute atomic E-state index is 0.0871. The van der Waals surface area contributed by atoms with E-state index in [1.54, 1.807) is 0 Å². The number of unbranched alkanes of at least 4 members (excludes halogenated alkanes) is 23. The monoisotopic (exact) mass is 785 g/mol. The van der Waals surface area contributed by atoms with Crippen LogP contribution in [0.5, 0.6) is 0 Å². The van der Waals surface area contributed by atoms with Gasteiger partial charge in [-0.1, -0.05) is 179 Å². The average molecular weight is 785 g/mol. The first-order valence-corrected chi connectivity index (χ1v) is 23.6. The first kappa shape index (κ1) is 53.4. The first-order valence-electron chi connectivity index (χ1n) is 23.6. The lowest BCUT2D eigenvalue weighted by atomic mass is 10.1. The van der Waals surface area contributed by atoms with Crippen molar-refractivity contribution in [3.05, 3.63) is 48.6 Å².